The van der Waals surface area contributed by atoms with E-state index in [1.807, 2.05) is 0 Å². The van der Waals surface area contributed by atoms with Crippen LogP contribution < -0.4 is 0 Å². The van der Waals surface area contributed by atoms with Crippen molar-refractivity contribution in [3.63, 3.8) is 0 Å². The van der Waals surface area contributed by atoms with Gasteiger partial charge in [-0.1, -0.05) is 12.0 Å². The fourth-order valence-corrected chi connectivity index (χ4v) is 4.85. The third-order valence-electron chi connectivity index (χ3n) is 4.76. The summed E-state index contributed by atoms with van der Waals surface area (Å²) in [4.78, 5) is 16.8. The number of rotatable bonds is 4. The third kappa shape index (κ3) is 3.87. The highest BCUT2D eigenvalue weighted by molar-refractivity contribution is 7.89. The van der Waals surface area contributed by atoms with E-state index in [0.717, 1.165) is 25.9 Å². The van der Waals surface area contributed by atoms with E-state index in [-0.39, 0.29) is 10.8 Å². The first-order valence-electron chi connectivity index (χ1n) is 8.57. The van der Waals surface area contributed by atoms with E-state index in [1.165, 1.54) is 10.4 Å². The summed E-state index contributed by atoms with van der Waals surface area (Å²) in [5, 5.41) is 0. The summed E-state index contributed by atoms with van der Waals surface area (Å²) in [6.07, 6.45) is 7.10. The van der Waals surface area contributed by atoms with Gasteiger partial charge in [0.25, 0.3) is 5.91 Å². The lowest BCUT2D eigenvalue weighted by Crippen LogP contribution is -2.48. The minimum atomic E-state index is -3.51. The van der Waals surface area contributed by atoms with Crippen molar-refractivity contribution in [1.29, 1.82) is 0 Å². The molecule has 1 aromatic carbocycles. The van der Waals surface area contributed by atoms with Crippen molar-refractivity contribution in [2.45, 2.75) is 17.7 Å². The molecule has 0 N–H and O–H groups in total. The van der Waals surface area contributed by atoms with Gasteiger partial charge in [-0.2, -0.15) is 4.31 Å². The first-order valence-corrected chi connectivity index (χ1v) is 10.0. The second-order valence-corrected chi connectivity index (χ2v) is 8.35. The molecule has 134 valence electrons. The zero-order valence-electron chi connectivity index (χ0n) is 14.2. The van der Waals surface area contributed by atoms with Crippen molar-refractivity contribution in [2.24, 2.45) is 0 Å². The van der Waals surface area contributed by atoms with Crippen LogP contribution in [-0.2, 0) is 10.0 Å². The van der Waals surface area contributed by atoms with E-state index in [2.05, 4.69) is 10.8 Å². The van der Waals surface area contributed by atoms with Gasteiger partial charge in [0.15, 0.2) is 0 Å². The molecule has 0 spiro atoms. The quantitative estimate of drug-likeness (QED) is 0.747. The molecule has 0 aliphatic carbocycles. The molecular formula is C18H23N3O3S. The van der Waals surface area contributed by atoms with Crippen LogP contribution in [0.2, 0.25) is 0 Å². The molecule has 2 aliphatic rings. The Hall–Kier alpha value is -1.88. The van der Waals surface area contributed by atoms with Crippen molar-refractivity contribution in [2.75, 3.05) is 45.8 Å². The summed E-state index contributed by atoms with van der Waals surface area (Å²) >= 11 is 0. The number of amides is 1. The predicted molar refractivity (Wildman–Crippen MR) is 95.6 cm³/mol. The first kappa shape index (κ1) is 17.9. The van der Waals surface area contributed by atoms with E-state index in [4.69, 9.17) is 6.42 Å². The Bertz CT molecular complexity index is 771. The molecule has 2 aliphatic heterocycles. The van der Waals surface area contributed by atoms with E-state index in [1.54, 1.807) is 23.1 Å². The number of piperazine rings is 1. The molecule has 2 heterocycles. The molecule has 0 atom stereocenters. The summed E-state index contributed by atoms with van der Waals surface area (Å²) in [7, 11) is -3.51. The molecular weight excluding hydrogens is 338 g/mol. The Balaban J connectivity index is 1.73. The molecule has 25 heavy (non-hydrogen) atoms. The average Bonchev–Trinajstić information content (AvgIpc) is 3.18. The molecule has 3 rings (SSSR count). The van der Waals surface area contributed by atoms with Crippen molar-refractivity contribution in [1.82, 2.24) is 14.1 Å². The van der Waals surface area contributed by atoms with Crippen LogP contribution in [-0.4, -0.2) is 74.2 Å². The zero-order chi connectivity index (χ0) is 17.9. The number of benzene rings is 1. The average molecular weight is 361 g/mol. The molecule has 0 unspecified atom stereocenters. The zero-order valence-corrected chi connectivity index (χ0v) is 15.0. The van der Waals surface area contributed by atoms with Gasteiger partial charge in [-0.25, -0.2) is 8.42 Å². The second kappa shape index (κ2) is 7.56. The highest BCUT2D eigenvalue weighted by atomic mass is 32.2. The normalized spacial score (nSPS) is 19.7. The van der Waals surface area contributed by atoms with Gasteiger partial charge in [-0.05, 0) is 31.0 Å². The Kier molecular flexibility index (Phi) is 5.42. The van der Waals surface area contributed by atoms with Crippen LogP contribution >= 0.6 is 0 Å². The minimum absolute atomic E-state index is 0.126. The third-order valence-corrected chi connectivity index (χ3v) is 6.65. The summed E-state index contributed by atoms with van der Waals surface area (Å²) in [5.41, 5.74) is 0.422. The molecule has 1 aromatic rings. The molecule has 2 saturated heterocycles. The topological polar surface area (TPSA) is 60.9 Å². The second-order valence-electron chi connectivity index (χ2n) is 6.41. The maximum Gasteiger partial charge on any atom is 0.253 e. The Morgan fingerprint density at radius 2 is 1.76 bits per heavy atom. The Morgan fingerprint density at radius 3 is 2.40 bits per heavy atom. The van der Waals surface area contributed by atoms with Crippen LogP contribution in [0.25, 0.3) is 0 Å². The van der Waals surface area contributed by atoms with Crippen molar-refractivity contribution >= 4 is 15.9 Å². The number of hydrogen-bond acceptors (Lipinski definition) is 4. The Labute approximate surface area is 149 Å². The fraction of sp³-hybridized carbons (Fsp3) is 0.500. The van der Waals surface area contributed by atoms with Gasteiger partial charge < -0.3 is 4.90 Å². The lowest BCUT2D eigenvalue weighted by molar-refractivity contribution is 0.0652. The van der Waals surface area contributed by atoms with Gasteiger partial charge >= 0.3 is 0 Å². The number of carbonyl (C=O) groups excluding carboxylic acids is 1. The molecule has 0 saturated carbocycles. The maximum atomic E-state index is 12.7. The van der Waals surface area contributed by atoms with Crippen LogP contribution in [0.1, 0.15) is 23.2 Å². The number of carbonyl (C=O) groups is 1. The molecule has 1 amide bonds. The number of hydrogen-bond donors (Lipinski definition) is 0. The number of nitrogens with zero attached hydrogens (tertiary/aromatic N) is 3. The van der Waals surface area contributed by atoms with Crippen molar-refractivity contribution < 1.29 is 13.2 Å². The number of sulfonamides is 1. The predicted octanol–water partition coefficient (Wildman–Crippen LogP) is 0.862. The lowest BCUT2D eigenvalue weighted by atomic mass is 10.2. The van der Waals surface area contributed by atoms with Crippen molar-refractivity contribution in [3.05, 3.63) is 29.8 Å². The monoisotopic (exact) mass is 361 g/mol. The fourth-order valence-electron chi connectivity index (χ4n) is 3.29. The molecule has 7 heteroatoms. The molecule has 0 bridgehead atoms. The first-order chi connectivity index (χ1) is 12.0. The van der Waals surface area contributed by atoms with Gasteiger partial charge in [0.05, 0.1) is 11.4 Å². The SMILES string of the molecule is C#CCN1CCN(C(=O)c2cccc(S(=O)(=O)N3CCCC3)c2)CC1. The van der Waals surface area contributed by atoms with Crippen LogP contribution in [0.3, 0.4) is 0 Å². The Morgan fingerprint density at radius 1 is 1.08 bits per heavy atom. The number of terminal acetylenes is 1. The van der Waals surface area contributed by atoms with Crippen LogP contribution in [0.5, 0.6) is 0 Å². The molecule has 0 aromatic heterocycles. The summed E-state index contributed by atoms with van der Waals surface area (Å²) < 4.78 is 26.8. The van der Waals surface area contributed by atoms with Crippen LogP contribution in [0.4, 0.5) is 0 Å². The van der Waals surface area contributed by atoms with Gasteiger partial charge in [0.2, 0.25) is 10.0 Å². The van der Waals surface area contributed by atoms with E-state index in [9.17, 15) is 13.2 Å². The molecule has 0 radical (unpaired) electrons. The largest absolute Gasteiger partial charge is 0.336 e. The summed E-state index contributed by atoms with van der Waals surface area (Å²) in [6.45, 7) is 4.37. The molecule has 2 fully saturated rings. The van der Waals surface area contributed by atoms with Gasteiger partial charge in [-0.3, -0.25) is 9.69 Å². The van der Waals surface area contributed by atoms with Gasteiger partial charge in [-0.15, -0.1) is 6.42 Å². The molecule has 6 nitrogen and oxygen atoms in total. The minimum Gasteiger partial charge on any atom is -0.336 e. The van der Waals surface area contributed by atoms with Gasteiger partial charge in [0.1, 0.15) is 0 Å². The smallest absolute Gasteiger partial charge is 0.253 e. The summed E-state index contributed by atoms with van der Waals surface area (Å²) in [5.74, 6) is 2.49. The van der Waals surface area contributed by atoms with E-state index in [0.29, 0.717) is 38.3 Å². The lowest BCUT2D eigenvalue weighted by Gasteiger charge is -2.33. The maximum absolute atomic E-state index is 12.7. The van der Waals surface area contributed by atoms with Crippen LogP contribution in [0, 0.1) is 12.3 Å². The summed E-state index contributed by atoms with van der Waals surface area (Å²) in [6, 6.07) is 6.39. The van der Waals surface area contributed by atoms with E-state index >= 15 is 0 Å². The highest BCUT2D eigenvalue weighted by Gasteiger charge is 2.28. The van der Waals surface area contributed by atoms with Crippen LogP contribution in [0.15, 0.2) is 29.2 Å². The van der Waals surface area contributed by atoms with E-state index < -0.39 is 10.0 Å². The van der Waals surface area contributed by atoms with Crippen molar-refractivity contribution in [3.8, 4) is 12.3 Å². The highest BCUT2D eigenvalue weighted by Crippen LogP contribution is 2.22. The standard InChI is InChI=1S/C18H23N3O3S/c1-2-8-19-11-13-20(14-12-19)18(22)16-6-5-7-17(15-16)25(23,24)21-9-3-4-10-21/h1,5-7,15H,3-4,8-14H2. The van der Waals surface area contributed by atoms with Gasteiger partial charge in [0, 0.05) is 44.8 Å².